The number of nitrogens with zero attached hydrogens (tertiary/aromatic N) is 1. The van der Waals surface area contributed by atoms with Crippen LogP contribution in [-0.2, 0) is 35.0 Å². The van der Waals surface area contributed by atoms with Crippen LogP contribution in [0.1, 0.15) is 47.5 Å². The van der Waals surface area contributed by atoms with Crippen molar-refractivity contribution in [2.45, 2.75) is 52.6 Å². The Bertz CT molecular complexity index is 1360. The molecule has 9 heteroatoms. The van der Waals surface area contributed by atoms with E-state index in [9.17, 15) is 18.0 Å². The highest BCUT2D eigenvalue weighted by Gasteiger charge is 2.31. The van der Waals surface area contributed by atoms with Crippen LogP contribution in [0, 0.1) is 6.92 Å². The van der Waals surface area contributed by atoms with Crippen molar-refractivity contribution < 1.29 is 32.0 Å². The molecule has 2 aromatic heterocycles. The van der Waals surface area contributed by atoms with E-state index >= 15 is 0 Å². The Hall–Kier alpha value is -3.07. The zero-order chi connectivity index (χ0) is 25.2. The summed E-state index contributed by atoms with van der Waals surface area (Å²) in [5, 5.41) is 5.97. The maximum absolute atomic E-state index is 13.2. The van der Waals surface area contributed by atoms with Gasteiger partial charge in [0.25, 0.3) is 0 Å². The number of ether oxygens (including phenoxy) is 2. The summed E-state index contributed by atoms with van der Waals surface area (Å²) in [6.07, 6.45) is -1.41. The van der Waals surface area contributed by atoms with Gasteiger partial charge in [-0.1, -0.05) is 24.6 Å². The number of benzene rings is 2. The molecule has 0 unspecified atom stereocenters. The van der Waals surface area contributed by atoms with Crippen molar-refractivity contribution in [1.29, 1.82) is 0 Å². The highest BCUT2D eigenvalue weighted by molar-refractivity contribution is 7.19. The number of esters is 1. The van der Waals surface area contributed by atoms with Crippen LogP contribution >= 0.6 is 11.3 Å². The van der Waals surface area contributed by atoms with Crippen LogP contribution in [0.3, 0.4) is 0 Å². The van der Waals surface area contributed by atoms with Gasteiger partial charge in [0, 0.05) is 21.0 Å². The Labute approximate surface area is 204 Å². The first-order valence-electron chi connectivity index (χ1n) is 11.5. The van der Waals surface area contributed by atoms with Gasteiger partial charge in [0.05, 0.1) is 17.9 Å². The summed E-state index contributed by atoms with van der Waals surface area (Å²) in [4.78, 5) is 12.7. The van der Waals surface area contributed by atoms with Crippen LogP contribution < -0.4 is 4.74 Å². The second kappa shape index (κ2) is 10.3. The lowest BCUT2D eigenvalue weighted by Gasteiger charge is -2.08. The first kappa shape index (κ1) is 25.0. The average molecular weight is 506 g/mol. The second-order valence-electron chi connectivity index (χ2n) is 8.30. The van der Waals surface area contributed by atoms with Gasteiger partial charge in [0.1, 0.15) is 5.75 Å². The highest BCUT2D eigenvalue weighted by Crippen LogP contribution is 2.38. The van der Waals surface area contributed by atoms with E-state index in [1.54, 1.807) is 19.1 Å². The summed E-state index contributed by atoms with van der Waals surface area (Å²) in [6, 6.07) is 7.62. The molecule has 0 aliphatic heterocycles. The summed E-state index contributed by atoms with van der Waals surface area (Å²) in [6.45, 7) is 5.76. The molecule has 35 heavy (non-hydrogen) atoms. The number of carbonyl (C=O) groups is 1. The van der Waals surface area contributed by atoms with E-state index in [2.05, 4.69) is 12.1 Å². The van der Waals surface area contributed by atoms with Gasteiger partial charge in [0.2, 0.25) is 0 Å². The Morgan fingerprint density at radius 2 is 1.89 bits per heavy atom. The van der Waals surface area contributed by atoms with Gasteiger partial charge in [-0.3, -0.25) is 0 Å². The van der Waals surface area contributed by atoms with Gasteiger partial charge >= 0.3 is 12.1 Å². The van der Waals surface area contributed by atoms with Crippen LogP contribution in [0.15, 0.2) is 34.9 Å². The number of fused-ring (bicyclic) bond motifs is 2. The van der Waals surface area contributed by atoms with Crippen LogP contribution in [0.5, 0.6) is 5.75 Å². The van der Waals surface area contributed by atoms with E-state index in [-0.39, 0.29) is 13.2 Å². The quantitative estimate of drug-likeness (QED) is 0.228. The Kier molecular flexibility index (Phi) is 7.35. The number of alkyl halides is 3. The lowest BCUT2D eigenvalue weighted by atomic mass is 10.0. The summed E-state index contributed by atoms with van der Waals surface area (Å²) in [5.41, 5.74) is 2.64. The molecular weight excluding hydrogens is 479 g/mol. The monoisotopic (exact) mass is 505 g/mol. The molecule has 0 amide bonds. The van der Waals surface area contributed by atoms with Crippen molar-refractivity contribution in [1.82, 2.24) is 5.16 Å². The van der Waals surface area contributed by atoms with E-state index in [1.807, 2.05) is 13.0 Å². The number of hydrogen-bond acceptors (Lipinski definition) is 6. The fourth-order valence-electron chi connectivity index (χ4n) is 4.13. The molecule has 2 heterocycles. The molecule has 0 bridgehead atoms. The number of thiophene rings is 1. The molecule has 0 aliphatic rings. The van der Waals surface area contributed by atoms with E-state index in [1.165, 1.54) is 17.4 Å². The standard InChI is InChI=1S/C26H26F3NO4S/c1-4-6-17-18-8-7-16(26(27,28)29)12-24(18)35-23(17)10-9-20-19-11-15(3)21(13-22(19)34-30-20)33-14-25(31)32-5-2/h7-8,11-13H,4-6,9-10,14H2,1-3H3. The third-order valence-corrected chi connectivity index (χ3v) is 7.04. The first-order chi connectivity index (χ1) is 16.7. The SMILES string of the molecule is CCCc1c(CCc2noc3cc(OCC(=O)OCC)c(C)cc23)sc2cc(C(F)(F)F)ccc12. The van der Waals surface area contributed by atoms with Crippen molar-refractivity contribution in [3.8, 4) is 5.75 Å². The smallest absolute Gasteiger partial charge is 0.416 e. The molecule has 0 radical (unpaired) electrons. The molecule has 5 nitrogen and oxygen atoms in total. The van der Waals surface area contributed by atoms with Crippen LogP contribution in [-0.4, -0.2) is 24.3 Å². The molecular formula is C26H26F3NO4S. The number of rotatable bonds is 9. The summed E-state index contributed by atoms with van der Waals surface area (Å²) >= 11 is 1.42. The number of carbonyl (C=O) groups excluding carboxylic acids is 1. The van der Waals surface area contributed by atoms with E-state index < -0.39 is 17.7 Å². The molecule has 0 fully saturated rings. The van der Waals surface area contributed by atoms with Gasteiger partial charge in [-0.25, -0.2) is 4.79 Å². The first-order valence-corrected chi connectivity index (χ1v) is 12.3. The largest absolute Gasteiger partial charge is 0.481 e. The molecule has 0 N–H and O–H groups in total. The van der Waals surface area contributed by atoms with Crippen molar-refractivity contribution in [3.05, 3.63) is 57.6 Å². The maximum atomic E-state index is 13.2. The molecule has 186 valence electrons. The molecule has 0 aliphatic carbocycles. The Balaban J connectivity index is 1.56. The van der Waals surface area contributed by atoms with Gasteiger partial charge in [0.15, 0.2) is 12.2 Å². The third-order valence-electron chi connectivity index (χ3n) is 5.79. The predicted molar refractivity (Wildman–Crippen MR) is 129 cm³/mol. The van der Waals surface area contributed by atoms with Crippen molar-refractivity contribution >= 4 is 38.4 Å². The zero-order valence-corrected chi connectivity index (χ0v) is 20.6. The summed E-state index contributed by atoms with van der Waals surface area (Å²) in [5.74, 6) is 0.0716. The fourth-order valence-corrected chi connectivity index (χ4v) is 5.43. The molecule has 4 aromatic rings. The molecule has 0 spiro atoms. The summed E-state index contributed by atoms with van der Waals surface area (Å²) < 4.78 is 56.2. The van der Waals surface area contributed by atoms with Crippen molar-refractivity contribution in [3.63, 3.8) is 0 Å². The van der Waals surface area contributed by atoms with Gasteiger partial charge in [-0.2, -0.15) is 13.2 Å². The Morgan fingerprint density at radius 3 is 2.60 bits per heavy atom. The second-order valence-corrected chi connectivity index (χ2v) is 9.44. The van der Waals surface area contributed by atoms with Crippen LogP contribution in [0.4, 0.5) is 13.2 Å². The normalized spacial score (nSPS) is 11.9. The minimum Gasteiger partial charge on any atom is -0.481 e. The zero-order valence-electron chi connectivity index (χ0n) is 19.8. The van der Waals surface area contributed by atoms with E-state index in [4.69, 9.17) is 14.0 Å². The average Bonchev–Trinajstić information content (AvgIpc) is 3.36. The number of aryl methyl sites for hydroxylation is 4. The Morgan fingerprint density at radius 1 is 1.09 bits per heavy atom. The van der Waals surface area contributed by atoms with Crippen molar-refractivity contribution in [2.24, 2.45) is 0 Å². The minimum atomic E-state index is -4.36. The van der Waals surface area contributed by atoms with Crippen LogP contribution in [0.2, 0.25) is 0 Å². The van der Waals surface area contributed by atoms with Crippen molar-refractivity contribution in [2.75, 3.05) is 13.2 Å². The highest BCUT2D eigenvalue weighted by atomic mass is 32.1. The van der Waals surface area contributed by atoms with Gasteiger partial charge < -0.3 is 14.0 Å². The van der Waals surface area contributed by atoms with Gasteiger partial charge in [-0.05, 0) is 67.8 Å². The van der Waals surface area contributed by atoms with Crippen LogP contribution in [0.25, 0.3) is 21.1 Å². The summed E-state index contributed by atoms with van der Waals surface area (Å²) in [7, 11) is 0. The number of halogens is 3. The lowest BCUT2D eigenvalue weighted by Crippen LogP contribution is -2.14. The molecule has 4 rings (SSSR count). The molecule has 0 saturated carbocycles. The molecule has 2 aromatic carbocycles. The van der Waals surface area contributed by atoms with Gasteiger partial charge in [-0.15, -0.1) is 11.3 Å². The number of hydrogen-bond donors (Lipinski definition) is 0. The lowest BCUT2D eigenvalue weighted by molar-refractivity contribution is -0.145. The number of aromatic nitrogens is 1. The maximum Gasteiger partial charge on any atom is 0.416 e. The predicted octanol–water partition coefficient (Wildman–Crippen LogP) is 7.05. The fraction of sp³-hybridized carbons (Fsp3) is 0.385. The molecule has 0 saturated heterocycles. The molecule has 0 atom stereocenters. The third kappa shape index (κ3) is 5.45. The van der Waals surface area contributed by atoms with E-state index in [0.717, 1.165) is 51.4 Å². The minimum absolute atomic E-state index is 0.191. The topological polar surface area (TPSA) is 61.6 Å². The van der Waals surface area contributed by atoms with E-state index in [0.29, 0.717) is 28.9 Å².